The summed E-state index contributed by atoms with van der Waals surface area (Å²) in [6, 6.07) is 11.4. The lowest BCUT2D eigenvalue weighted by Gasteiger charge is -2.38. The SMILES string of the molecule is CCS(=O)(=O)c1cccc(OC[C@@H](O)CC[C@H]2COC3(CCN(S(=O)(=O)c4ccc5c(c4)N(C)CCO5)CC3)C2)c1. The summed E-state index contributed by atoms with van der Waals surface area (Å²) >= 11 is 0. The van der Waals surface area contributed by atoms with Crippen molar-refractivity contribution in [2.45, 2.75) is 60.5 Å². The summed E-state index contributed by atoms with van der Waals surface area (Å²) in [5.41, 5.74) is 0.464. The Morgan fingerprint density at radius 2 is 1.85 bits per heavy atom. The highest BCUT2D eigenvalue weighted by atomic mass is 32.2. The first kappa shape index (κ1) is 30.1. The molecule has 3 aliphatic rings. The van der Waals surface area contributed by atoms with Crippen molar-refractivity contribution in [2.75, 3.05) is 57.2 Å². The zero-order valence-corrected chi connectivity index (χ0v) is 25.3. The van der Waals surface area contributed by atoms with Gasteiger partial charge in [-0.05, 0) is 74.4 Å². The zero-order chi connectivity index (χ0) is 29.3. The molecule has 2 saturated heterocycles. The first-order chi connectivity index (χ1) is 19.5. The quantitative estimate of drug-likeness (QED) is 0.434. The molecule has 0 bridgehead atoms. The van der Waals surface area contributed by atoms with Gasteiger partial charge in [0.25, 0.3) is 0 Å². The third kappa shape index (κ3) is 6.67. The Morgan fingerprint density at radius 3 is 2.61 bits per heavy atom. The zero-order valence-electron chi connectivity index (χ0n) is 23.7. The first-order valence-corrected chi connectivity index (χ1v) is 17.4. The van der Waals surface area contributed by atoms with E-state index in [9.17, 15) is 21.9 Å². The first-order valence-electron chi connectivity index (χ1n) is 14.3. The molecule has 0 unspecified atom stereocenters. The maximum absolute atomic E-state index is 13.4. The highest BCUT2D eigenvalue weighted by Gasteiger charge is 2.44. The van der Waals surface area contributed by atoms with Crippen molar-refractivity contribution in [3.05, 3.63) is 42.5 Å². The van der Waals surface area contributed by atoms with E-state index in [1.165, 1.54) is 6.07 Å². The molecule has 3 heterocycles. The molecule has 41 heavy (non-hydrogen) atoms. The van der Waals surface area contributed by atoms with Crippen LogP contribution in [0.5, 0.6) is 11.5 Å². The number of piperidine rings is 1. The summed E-state index contributed by atoms with van der Waals surface area (Å²) < 4.78 is 70.2. The molecule has 1 spiro atoms. The van der Waals surface area contributed by atoms with Crippen LogP contribution >= 0.6 is 0 Å². The summed E-state index contributed by atoms with van der Waals surface area (Å²) in [5.74, 6) is 1.41. The fourth-order valence-corrected chi connectivity index (χ4v) is 8.25. The Labute approximate surface area is 243 Å². The minimum atomic E-state index is -3.63. The highest BCUT2D eigenvalue weighted by molar-refractivity contribution is 7.91. The Kier molecular flexibility index (Phi) is 8.87. The van der Waals surface area contributed by atoms with Crippen LogP contribution in [-0.4, -0.2) is 90.2 Å². The van der Waals surface area contributed by atoms with Crippen LogP contribution in [0, 0.1) is 5.92 Å². The third-order valence-electron chi connectivity index (χ3n) is 8.48. The van der Waals surface area contributed by atoms with Gasteiger partial charge in [-0.2, -0.15) is 4.31 Å². The van der Waals surface area contributed by atoms with E-state index >= 15 is 0 Å². The predicted molar refractivity (Wildman–Crippen MR) is 155 cm³/mol. The molecular formula is C29H40N2O8S2. The second-order valence-corrected chi connectivity index (χ2v) is 15.5. The second-order valence-electron chi connectivity index (χ2n) is 11.3. The molecule has 2 aromatic rings. The maximum atomic E-state index is 13.4. The van der Waals surface area contributed by atoms with Gasteiger partial charge in [0.2, 0.25) is 10.0 Å². The number of sulfone groups is 1. The standard InChI is InChI=1S/C29H40N2O8S2/c1-3-40(33,34)25-6-4-5-24(17-25)38-21-23(32)8-7-22-19-29(39-20-22)11-13-31(14-12-29)41(35,36)26-9-10-28-27(18-26)30(2)15-16-37-28/h4-6,9-10,17-18,22-23,32H,3,7-8,11-16,19-21H2,1-2H3/t22-,23+/m1/s1. The number of likely N-dealkylation sites (N-methyl/N-ethyl adjacent to an activating group) is 1. The van der Waals surface area contributed by atoms with Crippen LogP contribution in [0.15, 0.2) is 52.3 Å². The number of aliphatic hydroxyl groups excluding tert-OH is 1. The molecule has 3 aliphatic heterocycles. The smallest absolute Gasteiger partial charge is 0.243 e. The van der Waals surface area contributed by atoms with Gasteiger partial charge < -0.3 is 24.2 Å². The van der Waals surface area contributed by atoms with E-state index in [1.54, 1.807) is 47.6 Å². The summed E-state index contributed by atoms with van der Waals surface area (Å²) in [6.45, 7) is 4.37. The van der Waals surface area contributed by atoms with E-state index in [4.69, 9.17) is 14.2 Å². The van der Waals surface area contributed by atoms with Gasteiger partial charge in [-0.25, -0.2) is 16.8 Å². The number of hydrogen-bond acceptors (Lipinski definition) is 9. The second kappa shape index (κ2) is 12.1. The lowest BCUT2D eigenvalue weighted by atomic mass is 9.84. The molecular weight excluding hydrogens is 568 g/mol. The van der Waals surface area contributed by atoms with Gasteiger partial charge in [-0.15, -0.1) is 0 Å². The number of sulfonamides is 1. The molecule has 1 N–H and O–H groups in total. The van der Waals surface area contributed by atoms with Crippen molar-refractivity contribution < 1.29 is 36.2 Å². The molecule has 0 amide bonds. The third-order valence-corrected chi connectivity index (χ3v) is 12.1. The van der Waals surface area contributed by atoms with Crippen LogP contribution in [-0.2, 0) is 24.6 Å². The normalized spacial score (nSPS) is 21.8. The molecule has 0 radical (unpaired) electrons. The summed E-state index contributed by atoms with van der Waals surface area (Å²) in [7, 11) is -5.02. The van der Waals surface area contributed by atoms with Gasteiger partial charge >= 0.3 is 0 Å². The summed E-state index contributed by atoms with van der Waals surface area (Å²) in [5, 5.41) is 10.5. The highest BCUT2D eigenvalue weighted by Crippen LogP contribution is 2.42. The van der Waals surface area contributed by atoms with E-state index in [-0.39, 0.29) is 33.7 Å². The minimum Gasteiger partial charge on any atom is -0.491 e. The van der Waals surface area contributed by atoms with Crippen LogP contribution in [0.2, 0.25) is 0 Å². The predicted octanol–water partition coefficient (Wildman–Crippen LogP) is 3.09. The van der Waals surface area contributed by atoms with E-state index in [0.717, 1.165) is 18.5 Å². The van der Waals surface area contributed by atoms with Crippen LogP contribution in [0.4, 0.5) is 5.69 Å². The largest absolute Gasteiger partial charge is 0.491 e. The molecule has 0 aromatic heterocycles. The van der Waals surface area contributed by atoms with Gasteiger partial charge in [0.05, 0.1) is 46.1 Å². The Morgan fingerprint density at radius 1 is 1.07 bits per heavy atom. The van der Waals surface area contributed by atoms with Crippen LogP contribution < -0.4 is 14.4 Å². The topological polar surface area (TPSA) is 123 Å². The van der Waals surface area contributed by atoms with E-state index in [2.05, 4.69) is 0 Å². The molecule has 2 aromatic carbocycles. The molecule has 2 fully saturated rings. The monoisotopic (exact) mass is 608 g/mol. The van der Waals surface area contributed by atoms with Crippen molar-refractivity contribution in [2.24, 2.45) is 5.92 Å². The van der Waals surface area contributed by atoms with Crippen molar-refractivity contribution in [3.8, 4) is 11.5 Å². The number of nitrogens with zero attached hydrogens (tertiary/aromatic N) is 2. The summed E-state index contributed by atoms with van der Waals surface area (Å²) in [4.78, 5) is 2.50. The number of fused-ring (bicyclic) bond motifs is 1. The molecule has 0 aliphatic carbocycles. The van der Waals surface area contributed by atoms with Gasteiger partial charge in [0.15, 0.2) is 9.84 Å². The van der Waals surface area contributed by atoms with Gasteiger partial charge in [-0.1, -0.05) is 13.0 Å². The van der Waals surface area contributed by atoms with E-state index in [0.29, 0.717) is 63.6 Å². The number of hydrogen-bond donors (Lipinski definition) is 1. The molecule has 0 saturated carbocycles. The van der Waals surface area contributed by atoms with E-state index in [1.807, 2.05) is 11.9 Å². The lowest BCUT2D eigenvalue weighted by molar-refractivity contribution is -0.0314. The molecule has 2 atom stereocenters. The number of aliphatic hydroxyl groups is 1. The number of benzene rings is 2. The average Bonchev–Trinajstić information content (AvgIpc) is 3.37. The Balaban J connectivity index is 1.09. The van der Waals surface area contributed by atoms with E-state index < -0.39 is 26.0 Å². The molecule has 10 nitrogen and oxygen atoms in total. The minimum absolute atomic E-state index is 0.0140. The Bertz CT molecular complexity index is 1440. The number of anilines is 1. The molecule has 5 rings (SSSR count). The van der Waals surface area contributed by atoms with Gasteiger partial charge in [-0.3, -0.25) is 0 Å². The fourth-order valence-electron chi connectivity index (χ4n) is 5.87. The fraction of sp³-hybridized carbons (Fsp3) is 0.586. The van der Waals surface area contributed by atoms with Gasteiger partial charge in [0, 0.05) is 20.1 Å². The van der Waals surface area contributed by atoms with Crippen molar-refractivity contribution >= 4 is 25.5 Å². The maximum Gasteiger partial charge on any atom is 0.243 e. The molecule has 226 valence electrons. The lowest BCUT2D eigenvalue weighted by Crippen LogP contribution is -2.46. The van der Waals surface area contributed by atoms with Crippen LogP contribution in [0.1, 0.15) is 39.0 Å². The molecule has 12 heteroatoms. The average molecular weight is 609 g/mol. The van der Waals surface area contributed by atoms with Crippen molar-refractivity contribution in [3.63, 3.8) is 0 Å². The number of ether oxygens (including phenoxy) is 3. The Hall–Kier alpha value is -2.38. The van der Waals surface area contributed by atoms with Gasteiger partial charge in [0.1, 0.15) is 24.7 Å². The van der Waals surface area contributed by atoms with Crippen molar-refractivity contribution in [1.29, 1.82) is 0 Å². The van der Waals surface area contributed by atoms with Crippen LogP contribution in [0.25, 0.3) is 0 Å². The van der Waals surface area contributed by atoms with Crippen LogP contribution in [0.3, 0.4) is 0 Å². The van der Waals surface area contributed by atoms with Crippen molar-refractivity contribution in [1.82, 2.24) is 4.31 Å². The summed E-state index contributed by atoms with van der Waals surface area (Å²) in [6.07, 6.45) is 2.73. The number of rotatable bonds is 10.